The molecule has 8 heteroatoms. The Morgan fingerprint density at radius 2 is 1.77 bits per heavy atom. The highest BCUT2D eigenvalue weighted by molar-refractivity contribution is 7.99. The zero-order valence-electron chi connectivity index (χ0n) is 17.3. The van der Waals surface area contributed by atoms with Gasteiger partial charge in [-0.25, -0.2) is 0 Å². The van der Waals surface area contributed by atoms with E-state index in [1.165, 1.54) is 12.1 Å². The Kier molecular flexibility index (Phi) is 10.2. The molecule has 0 aromatic heterocycles. The zero-order valence-corrected chi connectivity index (χ0v) is 19.0. The SMILES string of the molecule is CCCOc1ccc(SCC(COc2ccc(C(F)(F)F)cc2)OCSC)cc1C. The fraction of sp³-hybridized carbons (Fsp3) is 0.455. The van der Waals surface area contributed by atoms with E-state index in [-0.39, 0.29) is 12.7 Å². The predicted octanol–water partition coefficient (Wildman–Crippen LogP) is 6.68. The third-order valence-electron chi connectivity index (χ3n) is 4.08. The van der Waals surface area contributed by atoms with Gasteiger partial charge in [0.25, 0.3) is 0 Å². The van der Waals surface area contributed by atoms with Crippen LogP contribution in [0.3, 0.4) is 0 Å². The molecule has 1 unspecified atom stereocenters. The van der Waals surface area contributed by atoms with Gasteiger partial charge in [0.15, 0.2) is 0 Å². The van der Waals surface area contributed by atoms with Crippen LogP contribution in [0.2, 0.25) is 0 Å². The van der Waals surface area contributed by atoms with Gasteiger partial charge in [0.1, 0.15) is 24.2 Å². The van der Waals surface area contributed by atoms with Gasteiger partial charge in [0.2, 0.25) is 0 Å². The zero-order chi connectivity index (χ0) is 22.0. The summed E-state index contributed by atoms with van der Waals surface area (Å²) < 4.78 is 55.2. The van der Waals surface area contributed by atoms with Gasteiger partial charge in [-0.05, 0) is 67.6 Å². The normalized spacial score (nSPS) is 12.6. The molecule has 166 valence electrons. The lowest BCUT2D eigenvalue weighted by atomic mass is 10.2. The third-order valence-corrected chi connectivity index (χ3v) is 5.58. The molecule has 0 aliphatic carbocycles. The maximum atomic E-state index is 12.7. The van der Waals surface area contributed by atoms with Crippen molar-refractivity contribution in [1.29, 1.82) is 0 Å². The van der Waals surface area contributed by atoms with Crippen LogP contribution in [0.4, 0.5) is 13.2 Å². The minimum absolute atomic E-state index is 0.193. The number of aryl methyl sites for hydroxylation is 1. The molecule has 2 aromatic rings. The largest absolute Gasteiger partial charge is 0.493 e. The number of hydrogen-bond acceptors (Lipinski definition) is 5. The van der Waals surface area contributed by atoms with Crippen molar-refractivity contribution in [3.05, 3.63) is 53.6 Å². The van der Waals surface area contributed by atoms with Crippen molar-refractivity contribution in [2.45, 2.75) is 37.4 Å². The molecule has 2 rings (SSSR count). The van der Waals surface area contributed by atoms with E-state index in [4.69, 9.17) is 14.2 Å². The second-order valence-corrected chi connectivity index (χ2v) is 8.52. The highest BCUT2D eigenvalue weighted by Crippen LogP contribution is 2.30. The van der Waals surface area contributed by atoms with Gasteiger partial charge < -0.3 is 14.2 Å². The molecule has 0 N–H and O–H groups in total. The van der Waals surface area contributed by atoms with Crippen molar-refractivity contribution in [2.24, 2.45) is 0 Å². The first-order valence-electron chi connectivity index (χ1n) is 9.60. The van der Waals surface area contributed by atoms with Crippen LogP contribution in [0, 0.1) is 6.92 Å². The van der Waals surface area contributed by atoms with E-state index in [0.717, 1.165) is 34.8 Å². The molecule has 0 saturated heterocycles. The number of rotatable bonds is 12. The first-order valence-corrected chi connectivity index (χ1v) is 12.0. The van der Waals surface area contributed by atoms with E-state index in [1.807, 2.05) is 25.3 Å². The van der Waals surface area contributed by atoms with E-state index in [2.05, 4.69) is 13.0 Å². The molecule has 3 nitrogen and oxygen atoms in total. The molecule has 0 spiro atoms. The molecule has 0 aliphatic heterocycles. The fourth-order valence-electron chi connectivity index (χ4n) is 2.51. The standard InChI is InChI=1S/C22H27F3O3S2/c1-4-11-26-21-10-9-20(12-16(21)2)30-14-19(28-15-29-3)13-27-18-7-5-17(6-8-18)22(23,24)25/h5-10,12,19H,4,11,13-15H2,1-3H3. The number of halogens is 3. The van der Waals surface area contributed by atoms with Crippen LogP contribution < -0.4 is 9.47 Å². The molecule has 0 bridgehead atoms. The van der Waals surface area contributed by atoms with Crippen LogP contribution in [-0.4, -0.2) is 37.3 Å². The second-order valence-electron chi connectivity index (χ2n) is 6.62. The summed E-state index contributed by atoms with van der Waals surface area (Å²) in [6.07, 6.45) is -1.64. The van der Waals surface area contributed by atoms with Crippen LogP contribution in [-0.2, 0) is 10.9 Å². The number of benzene rings is 2. The Morgan fingerprint density at radius 3 is 2.37 bits per heavy atom. The number of hydrogen-bond donors (Lipinski definition) is 0. The van der Waals surface area contributed by atoms with Gasteiger partial charge in [-0.15, -0.1) is 23.5 Å². The Morgan fingerprint density at radius 1 is 1.03 bits per heavy atom. The summed E-state index contributed by atoms with van der Waals surface area (Å²) >= 11 is 3.21. The maximum Gasteiger partial charge on any atom is 0.416 e. The average molecular weight is 461 g/mol. The average Bonchev–Trinajstić information content (AvgIpc) is 2.72. The van der Waals surface area contributed by atoms with E-state index in [0.29, 0.717) is 24.0 Å². The summed E-state index contributed by atoms with van der Waals surface area (Å²) in [7, 11) is 0. The summed E-state index contributed by atoms with van der Waals surface area (Å²) in [6.45, 7) is 5.04. The van der Waals surface area contributed by atoms with E-state index >= 15 is 0 Å². The summed E-state index contributed by atoms with van der Waals surface area (Å²) in [5.74, 6) is 2.46. The van der Waals surface area contributed by atoms with Gasteiger partial charge in [0.05, 0.1) is 18.1 Å². The van der Waals surface area contributed by atoms with Crippen LogP contribution in [0.1, 0.15) is 24.5 Å². The molecule has 0 radical (unpaired) electrons. The molecule has 0 saturated carbocycles. The van der Waals surface area contributed by atoms with Crippen molar-refractivity contribution in [1.82, 2.24) is 0 Å². The summed E-state index contributed by atoms with van der Waals surface area (Å²) in [4.78, 5) is 1.10. The minimum atomic E-state index is -4.35. The minimum Gasteiger partial charge on any atom is -0.493 e. The molecule has 1 atom stereocenters. The van der Waals surface area contributed by atoms with Crippen LogP contribution in [0.25, 0.3) is 0 Å². The van der Waals surface area contributed by atoms with Crippen molar-refractivity contribution >= 4 is 23.5 Å². The highest BCUT2D eigenvalue weighted by atomic mass is 32.2. The summed E-state index contributed by atoms with van der Waals surface area (Å²) in [5.41, 5.74) is 0.387. The fourth-order valence-corrected chi connectivity index (χ4v) is 3.84. The van der Waals surface area contributed by atoms with Gasteiger partial charge in [-0.2, -0.15) is 13.2 Å². The van der Waals surface area contributed by atoms with Crippen LogP contribution in [0.5, 0.6) is 11.5 Å². The number of alkyl halides is 3. The smallest absolute Gasteiger partial charge is 0.416 e. The molecule has 0 aliphatic rings. The van der Waals surface area contributed by atoms with Gasteiger partial charge in [-0.3, -0.25) is 0 Å². The van der Waals surface area contributed by atoms with Gasteiger partial charge >= 0.3 is 6.18 Å². The molecule has 30 heavy (non-hydrogen) atoms. The lowest BCUT2D eigenvalue weighted by Gasteiger charge is -2.18. The number of ether oxygens (including phenoxy) is 3. The van der Waals surface area contributed by atoms with Gasteiger partial charge in [0, 0.05) is 10.6 Å². The third kappa shape index (κ3) is 8.32. The van der Waals surface area contributed by atoms with E-state index in [1.54, 1.807) is 23.5 Å². The molecule has 2 aromatic carbocycles. The highest BCUT2D eigenvalue weighted by Gasteiger charge is 2.30. The lowest BCUT2D eigenvalue weighted by Crippen LogP contribution is -2.24. The predicted molar refractivity (Wildman–Crippen MR) is 118 cm³/mol. The maximum absolute atomic E-state index is 12.7. The first kappa shape index (κ1) is 24.8. The Labute approximate surface area is 184 Å². The molecule has 0 fully saturated rings. The van der Waals surface area contributed by atoms with Crippen LogP contribution >= 0.6 is 23.5 Å². The lowest BCUT2D eigenvalue weighted by molar-refractivity contribution is -0.137. The molecule has 0 heterocycles. The topological polar surface area (TPSA) is 27.7 Å². The Bertz CT molecular complexity index is 767. The monoisotopic (exact) mass is 460 g/mol. The number of thioether (sulfide) groups is 2. The van der Waals surface area contributed by atoms with Crippen molar-refractivity contribution < 1.29 is 27.4 Å². The Hall–Kier alpha value is -1.51. The van der Waals surface area contributed by atoms with E-state index < -0.39 is 11.7 Å². The molecular formula is C22H27F3O3S2. The first-order chi connectivity index (χ1) is 14.3. The Balaban J connectivity index is 1.91. The van der Waals surface area contributed by atoms with Crippen LogP contribution in [0.15, 0.2) is 47.4 Å². The summed E-state index contributed by atoms with van der Waals surface area (Å²) in [5, 5.41) is 0. The van der Waals surface area contributed by atoms with Crippen molar-refractivity contribution in [3.8, 4) is 11.5 Å². The second kappa shape index (κ2) is 12.4. The van der Waals surface area contributed by atoms with Gasteiger partial charge in [-0.1, -0.05) is 6.92 Å². The quantitative estimate of drug-likeness (QED) is 0.260. The van der Waals surface area contributed by atoms with Crippen molar-refractivity contribution in [2.75, 3.05) is 31.2 Å². The molecular weight excluding hydrogens is 433 g/mol. The summed E-state index contributed by atoms with van der Waals surface area (Å²) in [6, 6.07) is 10.8. The van der Waals surface area contributed by atoms with Crippen molar-refractivity contribution in [3.63, 3.8) is 0 Å². The molecule has 0 amide bonds. The van der Waals surface area contributed by atoms with E-state index in [9.17, 15) is 13.2 Å².